The fraction of sp³-hybridized carbons (Fsp3) is 0.214. The van der Waals surface area contributed by atoms with Gasteiger partial charge in [0.05, 0.1) is 20.4 Å². The number of ether oxygens (including phenoxy) is 3. The highest BCUT2D eigenvalue weighted by atomic mass is 16.5. The fourth-order valence-corrected chi connectivity index (χ4v) is 1.67. The van der Waals surface area contributed by atoms with Gasteiger partial charge in [-0.05, 0) is 23.8 Å². The van der Waals surface area contributed by atoms with Crippen LogP contribution in [0.25, 0.3) is 0 Å². The molecule has 1 aromatic carbocycles. The van der Waals surface area contributed by atoms with Crippen molar-refractivity contribution in [2.45, 2.75) is 6.54 Å². The second-order valence-electron chi connectivity index (χ2n) is 3.83. The van der Waals surface area contributed by atoms with Crippen molar-refractivity contribution in [2.75, 3.05) is 14.2 Å². The van der Waals surface area contributed by atoms with Gasteiger partial charge in [0.2, 0.25) is 5.75 Å². The highest BCUT2D eigenvalue weighted by Crippen LogP contribution is 2.39. The highest BCUT2D eigenvalue weighted by Gasteiger charge is 2.12. The molecule has 19 heavy (non-hydrogen) atoms. The van der Waals surface area contributed by atoms with Crippen LogP contribution in [0.3, 0.4) is 0 Å². The minimum atomic E-state index is 0.410. The van der Waals surface area contributed by atoms with Gasteiger partial charge in [0.1, 0.15) is 5.75 Å². The summed E-state index contributed by atoms with van der Waals surface area (Å²) in [6, 6.07) is 7.27. The molecule has 2 rings (SSSR count). The van der Waals surface area contributed by atoms with E-state index in [9.17, 15) is 0 Å². The lowest BCUT2D eigenvalue weighted by molar-refractivity contribution is 0.346. The molecular weight excluding hydrogens is 244 g/mol. The standard InChI is InChI=1S/C14H16N2O3/c1-17-12-4-3-5-13(18-2)14(12)19-11-6-10(7-15)8-16-9-11/h3-6,8-9H,7,15H2,1-2H3. The van der Waals surface area contributed by atoms with Gasteiger partial charge in [0, 0.05) is 12.7 Å². The minimum Gasteiger partial charge on any atom is -0.493 e. The molecule has 0 saturated carbocycles. The predicted molar refractivity (Wildman–Crippen MR) is 71.7 cm³/mol. The van der Waals surface area contributed by atoms with E-state index in [1.807, 2.05) is 12.1 Å². The van der Waals surface area contributed by atoms with Crippen molar-refractivity contribution in [3.05, 3.63) is 42.2 Å². The van der Waals surface area contributed by atoms with Crippen molar-refractivity contribution in [3.63, 3.8) is 0 Å². The average Bonchev–Trinajstić information content (AvgIpc) is 2.47. The third-order valence-electron chi connectivity index (χ3n) is 2.61. The molecule has 0 unspecified atom stereocenters. The van der Waals surface area contributed by atoms with Crippen molar-refractivity contribution >= 4 is 0 Å². The van der Waals surface area contributed by atoms with Gasteiger partial charge in [-0.25, -0.2) is 0 Å². The quantitative estimate of drug-likeness (QED) is 0.893. The summed E-state index contributed by atoms with van der Waals surface area (Å²) >= 11 is 0. The van der Waals surface area contributed by atoms with Crippen LogP contribution in [0.15, 0.2) is 36.7 Å². The predicted octanol–water partition coefficient (Wildman–Crippen LogP) is 2.35. The average molecular weight is 260 g/mol. The topological polar surface area (TPSA) is 66.6 Å². The number of hydrogen-bond donors (Lipinski definition) is 1. The molecule has 0 fully saturated rings. The van der Waals surface area contributed by atoms with Crippen LogP contribution in [0.1, 0.15) is 5.56 Å². The molecule has 0 amide bonds. The van der Waals surface area contributed by atoms with E-state index >= 15 is 0 Å². The first-order valence-corrected chi connectivity index (χ1v) is 5.81. The molecule has 0 aliphatic rings. The van der Waals surface area contributed by atoms with Gasteiger partial charge in [-0.15, -0.1) is 0 Å². The second-order valence-corrected chi connectivity index (χ2v) is 3.83. The van der Waals surface area contributed by atoms with Gasteiger partial charge in [-0.1, -0.05) is 6.07 Å². The summed E-state index contributed by atoms with van der Waals surface area (Å²) in [5.74, 6) is 2.30. The van der Waals surface area contributed by atoms with Gasteiger partial charge < -0.3 is 19.9 Å². The third kappa shape index (κ3) is 2.95. The Bertz CT molecular complexity index is 536. The summed E-state index contributed by atoms with van der Waals surface area (Å²) in [5, 5.41) is 0. The normalized spacial score (nSPS) is 10.1. The molecule has 1 heterocycles. The fourth-order valence-electron chi connectivity index (χ4n) is 1.67. The van der Waals surface area contributed by atoms with Crippen LogP contribution in [0.4, 0.5) is 0 Å². The lowest BCUT2D eigenvalue weighted by Gasteiger charge is -2.13. The largest absolute Gasteiger partial charge is 0.493 e. The van der Waals surface area contributed by atoms with Crippen molar-refractivity contribution < 1.29 is 14.2 Å². The molecule has 2 N–H and O–H groups in total. The van der Waals surface area contributed by atoms with Gasteiger partial charge in [0.15, 0.2) is 11.5 Å². The molecule has 0 spiro atoms. The van der Waals surface area contributed by atoms with E-state index in [2.05, 4.69) is 4.98 Å². The lowest BCUT2D eigenvalue weighted by atomic mass is 10.2. The van der Waals surface area contributed by atoms with Crippen LogP contribution < -0.4 is 19.9 Å². The maximum atomic E-state index is 5.80. The molecule has 2 aromatic rings. The highest BCUT2D eigenvalue weighted by molar-refractivity contribution is 5.53. The number of hydrogen-bond acceptors (Lipinski definition) is 5. The molecule has 0 aliphatic carbocycles. The van der Waals surface area contributed by atoms with Gasteiger partial charge in [0.25, 0.3) is 0 Å². The molecule has 0 aliphatic heterocycles. The van der Waals surface area contributed by atoms with Crippen molar-refractivity contribution in [1.29, 1.82) is 0 Å². The van der Waals surface area contributed by atoms with Crippen LogP contribution in [0.2, 0.25) is 0 Å². The molecule has 0 atom stereocenters. The molecule has 0 radical (unpaired) electrons. The molecule has 100 valence electrons. The Hall–Kier alpha value is -2.27. The molecule has 1 aromatic heterocycles. The second kappa shape index (κ2) is 6.06. The number of aromatic nitrogens is 1. The summed E-state index contributed by atoms with van der Waals surface area (Å²) in [7, 11) is 3.16. The van der Waals surface area contributed by atoms with E-state index in [1.54, 1.807) is 38.7 Å². The van der Waals surface area contributed by atoms with E-state index in [0.29, 0.717) is 29.5 Å². The minimum absolute atomic E-state index is 0.410. The number of rotatable bonds is 5. The summed E-state index contributed by atoms with van der Waals surface area (Å²) in [6.45, 7) is 0.410. The Morgan fingerprint density at radius 3 is 2.37 bits per heavy atom. The zero-order valence-electron chi connectivity index (χ0n) is 10.9. The van der Waals surface area contributed by atoms with Crippen molar-refractivity contribution in [2.24, 2.45) is 5.73 Å². The Balaban J connectivity index is 2.36. The third-order valence-corrected chi connectivity index (χ3v) is 2.61. The summed E-state index contributed by atoms with van der Waals surface area (Å²) in [6.07, 6.45) is 3.32. The van der Waals surface area contributed by atoms with Crippen molar-refractivity contribution in [3.8, 4) is 23.0 Å². The Morgan fingerprint density at radius 1 is 1.11 bits per heavy atom. The SMILES string of the molecule is COc1cccc(OC)c1Oc1cncc(CN)c1. The number of nitrogens with two attached hydrogens (primary N) is 1. The molecular formula is C14H16N2O3. The van der Waals surface area contributed by atoms with Crippen molar-refractivity contribution in [1.82, 2.24) is 4.98 Å². The number of benzene rings is 1. The Labute approximate surface area is 111 Å². The van der Waals surface area contributed by atoms with Gasteiger partial charge in [-0.2, -0.15) is 0 Å². The first kappa shape index (κ1) is 13.2. The summed E-state index contributed by atoms with van der Waals surface area (Å²) in [5.41, 5.74) is 6.47. The maximum absolute atomic E-state index is 5.80. The Morgan fingerprint density at radius 2 is 1.79 bits per heavy atom. The van der Waals surface area contributed by atoms with Crippen LogP contribution in [0.5, 0.6) is 23.0 Å². The van der Waals surface area contributed by atoms with E-state index in [0.717, 1.165) is 5.56 Å². The molecule has 5 nitrogen and oxygen atoms in total. The van der Waals surface area contributed by atoms with Crippen LogP contribution in [-0.4, -0.2) is 19.2 Å². The zero-order chi connectivity index (χ0) is 13.7. The molecule has 5 heteroatoms. The summed E-state index contributed by atoms with van der Waals surface area (Å²) in [4.78, 5) is 4.08. The number of para-hydroxylation sites is 1. The first-order chi connectivity index (χ1) is 9.28. The number of pyridine rings is 1. The summed E-state index contributed by atoms with van der Waals surface area (Å²) < 4.78 is 16.3. The van der Waals surface area contributed by atoms with Crippen LogP contribution in [-0.2, 0) is 6.54 Å². The smallest absolute Gasteiger partial charge is 0.211 e. The lowest BCUT2D eigenvalue weighted by Crippen LogP contribution is -1.98. The molecule has 0 bridgehead atoms. The van der Waals surface area contributed by atoms with Crippen LogP contribution in [0, 0.1) is 0 Å². The maximum Gasteiger partial charge on any atom is 0.211 e. The number of methoxy groups -OCH3 is 2. The Kier molecular flexibility index (Phi) is 4.20. The van der Waals surface area contributed by atoms with E-state index < -0.39 is 0 Å². The van der Waals surface area contributed by atoms with Gasteiger partial charge >= 0.3 is 0 Å². The van der Waals surface area contributed by atoms with E-state index in [4.69, 9.17) is 19.9 Å². The van der Waals surface area contributed by atoms with Crippen LogP contribution >= 0.6 is 0 Å². The zero-order valence-corrected chi connectivity index (χ0v) is 10.9. The number of nitrogens with zero attached hydrogens (tertiary/aromatic N) is 1. The first-order valence-electron chi connectivity index (χ1n) is 5.81. The monoisotopic (exact) mass is 260 g/mol. The van der Waals surface area contributed by atoms with E-state index in [-0.39, 0.29) is 0 Å². The van der Waals surface area contributed by atoms with Gasteiger partial charge in [-0.3, -0.25) is 4.98 Å². The van der Waals surface area contributed by atoms with E-state index in [1.165, 1.54) is 0 Å². The molecule has 0 saturated heterocycles.